The molecule has 0 saturated carbocycles. The number of nitrogen functional groups attached to an aromatic ring is 1. The van der Waals surface area contributed by atoms with Crippen molar-refractivity contribution in [2.75, 3.05) is 10.1 Å². The van der Waals surface area contributed by atoms with Crippen LogP contribution in [0.4, 0.5) is 10.9 Å². The summed E-state index contributed by atoms with van der Waals surface area (Å²) in [7, 11) is -3.87. The zero-order valence-electron chi connectivity index (χ0n) is 10.1. The van der Waals surface area contributed by atoms with Gasteiger partial charge in [-0.15, -0.1) is 21.5 Å². The smallest absolute Gasteiger partial charge is 0.283 e. The lowest BCUT2D eigenvalue weighted by molar-refractivity contribution is 0.597. The van der Waals surface area contributed by atoms with Gasteiger partial charge in [0, 0.05) is 11.6 Å². The van der Waals surface area contributed by atoms with E-state index < -0.39 is 10.0 Å². The second kappa shape index (κ2) is 4.66. The lowest BCUT2D eigenvalue weighted by Crippen LogP contribution is -2.18. The van der Waals surface area contributed by atoms with Gasteiger partial charge in [0.2, 0.25) is 10.2 Å². The topological polar surface area (TPSA) is 127 Å². The number of imidazole rings is 1. The van der Waals surface area contributed by atoms with Crippen molar-refractivity contribution in [2.45, 2.75) is 11.9 Å². The number of aryl methyl sites for hydroxylation is 1. The van der Waals surface area contributed by atoms with E-state index in [4.69, 9.17) is 5.84 Å². The van der Waals surface area contributed by atoms with Crippen molar-refractivity contribution in [1.29, 1.82) is 0 Å². The van der Waals surface area contributed by atoms with Gasteiger partial charge in [-0.2, -0.15) is 13.4 Å². The first kappa shape index (κ1) is 13.2. The summed E-state index contributed by atoms with van der Waals surface area (Å²) in [6.45, 7) is 1.73. The van der Waals surface area contributed by atoms with Crippen molar-refractivity contribution >= 4 is 48.6 Å². The molecule has 0 aromatic carbocycles. The number of nitrogens with zero attached hydrogens (tertiary/aromatic N) is 4. The molecular weight excluding hydrogens is 322 g/mol. The van der Waals surface area contributed by atoms with Gasteiger partial charge in [-0.25, -0.2) is 5.84 Å². The summed E-state index contributed by atoms with van der Waals surface area (Å²) in [5, 5.41) is 10.0. The van der Waals surface area contributed by atoms with E-state index in [1.807, 2.05) is 0 Å². The predicted molar refractivity (Wildman–Crippen MR) is 76.3 cm³/mol. The number of hydrazine groups is 1. The number of fused-ring (bicyclic) bond motifs is 1. The first-order valence-electron chi connectivity index (χ1n) is 5.26. The number of aromatic nitrogens is 4. The van der Waals surface area contributed by atoms with Crippen molar-refractivity contribution in [1.82, 2.24) is 19.6 Å². The molecule has 0 fully saturated rings. The lowest BCUT2D eigenvalue weighted by atomic mass is 10.7. The van der Waals surface area contributed by atoms with Crippen LogP contribution in [-0.4, -0.2) is 28.0 Å². The molecule has 20 heavy (non-hydrogen) atoms. The monoisotopic (exact) mass is 331 g/mol. The van der Waals surface area contributed by atoms with Gasteiger partial charge in [-0.3, -0.25) is 9.12 Å². The van der Waals surface area contributed by atoms with Crippen LogP contribution in [-0.2, 0) is 10.0 Å². The number of nitrogens with two attached hydrogens (primary N) is 1. The second-order valence-electron chi connectivity index (χ2n) is 3.70. The van der Waals surface area contributed by atoms with E-state index in [2.05, 4.69) is 25.3 Å². The van der Waals surface area contributed by atoms with Crippen LogP contribution in [0.2, 0.25) is 0 Å². The first-order valence-corrected chi connectivity index (χ1v) is 8.44. The largest absolute Gasteiger partial charge is 0.306 e. The van der Waals surface area contributed by atoms with E-state index >= 15 is 0 Å². The summed E-state index contributed by atoms with van der Waals surface area (Å²) < 4.78 is 28.7. The van der Waals surface area contributed by atoms with Crippen LogP contribution < -0.4 is 16.0 Å². The number of hydrogen-bond donors (Lipinski definition) is 3. The fraction of sp³-hybridized carbons (Fsp3) is 0.125. The van der Waals surface area contributed by atoms with Gasteiger partial charge in [0.1, 0.15) is 5.01 Å². The molecule has 12 heteroatoms. The molecule has 0 spiro atoms. The molecule has 9 nitrogen and oxygen atoms in total. The first-order chi connectivity index (χ1) is 9.51. The number of hydrogen-bond acceptors (Lipinski definition) is 9. The van der Waals surface area contributed by atoms with Crippen molar-refractivity contribution in [3.63, 3.8) is 0 Å². The van der Waals surface area contributed by atoms with Gasteiger partial charge < -0.3 is 5.43 Å². The summed E-state index contributed by atoms with van der Waals surface area (Å²) in [6.07, 6.45) is 1.60. The van der Waals surface area contributed by atoms with Gasteiger partial charge in [0.05, 0.1) is 0 Å². The van der Waals surface area contributed by atoms with Crippen molar-refractivity contribution in [3.8, 4) is 0 Å². The fourth-order valence-corrected chi connectivity index (χ4v) is 4.46. The highest BCUT2D eigenvalue weighted by Gasteiger charge is 2.26. The average Bonchev–Trinajstić information content (AvgIpc) is 3.02. The Bertz CT molecular complexity index is 862. The van der Waals surface area contributed by atoms with Crippen LogP contribution in [0.3, 0.4) is 0 Å². The molecule has 0 bridgehead atoms. The zero-order valence-corrected chi connectivity index (χ0v) is 12.5. The van der Waals surface area contributed by atoms with Crippen LogP contribution in [0.5, 0.6) is 0 Å². The van der Waals surface area contributed by atoms with E-state index in [1.165, 1.54) is 15.7 Å². The predicted octanol–water partition coefficient (Wildman–Crippen LogP) is 0.642. The van der Waals surface area contributed by atoms with Crippen LogP contribution in [0, 0.1) is 6.92 Å². The van der Waals surface area contributed by atoms with Gasteiger partial charge in [0.25, 0.3) is 10.0 Å². The Balaban J connectivity index is 2.10. The molecule has 106 valence electrons. The summed E-state index contributed by atoms with van der Waals surface area (Å²) in [6, 6.07) is 0. The maximum atomic E-state index is 12.4. The van der Waals surface area contributed by atoms with E-state index in [0.29, 0.717) is 9.97 Å². The third kappa shape index (κ3) is 2.11. The lowest BCUT2D eigenvalue weighted by Gasteiger charge is -2.05. The molecule has 4 N–H and O–H groups in total. The SMILES string of the molecule is Cc1nnc(NS(=O)(=O)c2c(NN)nc3sccn23)s1. The minimum absolute atomic E-state index is 0.0656. The summed E-state index contributed by atoms with van der Waals surface area (Å²) in [5.41, 5.74) is 2.29. The molecule has 0 aliphatic rings. The number of anilines is 2. The normalized spacial score (nSPS) is 11.9. The van der Waals surface area contributed by atoms with Crippen LogP contribution in [0.15, 0.2) is 16.6 Å². The Morgan fingerprint density at radius 3 is 2.85 bits per heavy atom. The minimum Gasteiger partial charge on any atom is -0.306 e. The molecule has 0 saturated heterocycles. The molecule has 0 aliphatic heterocycles. The molecule has 3 rings (SSSR count). The minimum atomic E-state index is -3.87. The van der Waals surface area contributed by atoms with Gasteiger partial charge in [-0.05, 0) is 6.92 Å². The summed E-state index contributed by atoms with van der Waals surface area (Å²) in [5.74, 6) is 5.40. The Hall–Kier alpha value is -1.76. The van der Waals surface area contributed by atoms with Crippen LogP contribution >= 0.6 is 22.7 Å². The standard InChI is InChI=1S/C8H9N7O2S3/c1-4-12-13-7(19-4)14-20(16,17)6-5(11-9)10-8-15(6)2-3-18-8/h2-3,11H,9H2,1H3,(H,13,14). The Morgan fingerprint density at radius 2 is 2.20 bits per heavy atom. The van der Waals surface area contributed by atoms with Gasteiger partial charge in [0.15, 0.2) is 10.8 Å². The molecule has 0 radical (unpaired) electrons. The maximum Gasteiger partial charge on any atom is 0.283 e. The summed E-state index contributed by atoms with van der Waals surface area (Å²) in [4.78, 5) is 4.62. The number of rotatable bonds is 4. The molecule has 0 amide bonds. The van der Waals surface area contributed by atoms with E-state index in [-0.39, 0.29) is 16.0 Å². The molecule has 0 aliphatic carbocycles. The third-order valence-corrected chi connectivity index (χ3v) is 5.36. The molecule has 0 unspecified atom stereocenters. The molecule has 3 aromatic rings. The Morgan fingerprint density at radius 1 is 1.40 bits per heavy atom. The van der Waals surface area contributed by atoms with E-state index in [9.17, 15) is 8.42 Å². The molecule has 3 heterocycles. The maximum absolute atomic E-state index is 12.4. The third-order valence-electron chi connectivity index (χ3n) is 2.36. The Labute approximate surface area is 121 Å². The molecule has 3 aromatic heterocycles. The number of thiazole rings is 1. The average molecular weight is 331 g/mol. The fourth-order valence-electron chi connectivity index (χ4n) is 1.62. The van der Waals surface area contributed by atoms with Crippen LogP contribution in [0.1, 0.15) is 5.01 Å². The van der Waals surface area contributed by atoms with Gasteiger partial charge in [-0.1, -0.05) is 11.3 Å². The van der Waals surface area contributed by atoms with Gasteiger partial charge >= 0.3 is 0 Å². The Kier molecular flexibility index (Phi) is 3.08. The second-order valence-corrected chi connectivity index (χ2v) is 7.35. The van der Waals surface area contributed by atoms with Crippen LogP contribution in [0.25, 0.3) is 4.96 Å². The zero-order chi connectivity index (χ0) is 14.3. The van der Waals surface area contributed by atoms with Crippen molar-refractivity contribution in [3.05, 3.63) is 16.6 Å². The van der Waals surface area contributed by atoms with E-state index in [0.717, 1.165) is 11.3 Å². The molecule has 0 atom stereocenters. The van der Waals surface area contributed by atoms with Crippen molar-refractivity contribution < 1.29 is 8.42 Å². The highest BCUT2D eigenvalue weighted by Crippen LogP contribution is 2.27. The highest BCUT2D eigenvalue weighted by atomic mass is 32.2. The van der Waals surface area contributed by atoms with E-state index in [1.54, 1.807) is 18.5 Å². The highest BCUT2D eigenvalue weighted by molar-refractivity contribution is 7.93. The summed E-state index contributed by atoms with van der Waals surface area (Å²) >= 11 is 2.44. The number of nitrogens with one attached hydrogen (secondary N) is 2. The van der Waals surface area contributed by atoms with Crippen molar-refractivity contribution in [2.24, 2.45) is 5.84 Å². The quantitative estimate of drug-likeness (QED) is 0.473. The number of sulfonamides is 1. The molecular formula is C8H9N7O2S3.